The van der Waals surface area contributed by atoms with E-state index in [0.717, 1.165) is 4.31 Å². The second-order valence-electron chi connectivity index (χ2n) is 7.95. The number of carbonyl (C=O) groups is 1. The fraction of sp³-hybridized carbons (Fsp3) is 0.435. The molecule has 1 fully saturated rings. The van der Waals surface area contributed by atoms with Gasteiger partial charge in [0.2, 0.25) is 10.0 Å². The van der Waals surface area contributed by atoms with Crippen LogP contribution in [0.4, 0.5) is 5.69 Å². The highest BCUT2D eigenvalue weighted by Crippen LogP contribution is 2.27. The van der Waals surface area contributed by atoms with Gasteiger partial charge in [-0.05, 0) is 42.8 Å². The summed E-state index contributed by atoms with van der Waals surface area (Å²) >= 11 is 5.97. The van der Waals surface area contributed by atoms with Crippen molar-refractivity contribution in [2.45, 2.75) is 11.3 Å². The van der Waals surface area contributed by atoms with E-state index in [0.29, 0.717) is 67.9 Å². The van der Waals surface area contributed by atoms with Gasteiger partial charge in [-0.1, -0.05) is 17.7 Å². The summed E-state index contributed by atoms with van der Waals surface area (Å²) < 4.78 is 37.6. The summed E-state index contributed by atoms with van der Waals surface area (Å²) in [6, 6.07) is 11.9. The van der Waals surface area contributed by atoms with Gasteiger partial charge in [0.05, 0.1) is 30.3 Å². The Morgan fingerprint density at radius 1 is 1.12 bits per heavy atom. The van der Waals surface area contributed by atoms with Crippen LogP contribution in [0.1, 0.15) is 16.8 Å². The molecule has 8 nitrogen and oxygen atoms in total. The molecule has 2 aromatic rings. The minimum atomic E-state index is -3.67. The van der Waals surface area contributed by atoms with Gasteiger partial charge in [0.25, 0.3) is 5.91 Å². The molecule has 2 aromatic carbocycles. The first-order valence-electron chi connectivity index (χ1n) is 10.7. The summed E-state index contributed by atoms with van der Waals surface area (Å²) in [6.07, 6.45) is 0.608. The van der Waals surface area contributed by atoms with E-state index in [9.17, 15) is 13.2 Å². The van der Waals surface area contributed by atoms with Gasteiger partial charge < -0.3 is 19.3 Å². The summed E-state index contributed by atoms with van der Waals surface area (Å²) in [5.41, 5.74) is 1.07. The topological polar surface area (TPSA) is 79.4 Å². The normalized spacial score (nSPS) is 14.4. The molecular weight excluding hydrogens is 466 g/mol. The van der Waals surface area contributed by atoms with Crippen LogP contribution in [-0.2, 0) is 14.8 Å². The Morgan fingerprint density at radius 3 is 2.52 bits per heavy atom. The fourth-order valence-corrected chi connectivity index (χ4v) is 4.60. The van der Waals surface area contributed by atoms with Crippen molar-refractivity contribution in [3.8, 4) is 5.75 Å². The summed E-state index contributed by atoms with van der Waals surface area (Å²) in [4.78, 5) is 17.1. The number of carbonyl (C=O) groups excluding carboxylic acids is 1. The lowest BCUT2D eigenvalue weighted by Crippen LogP contribution is -2.38. The summed E-state index contributed by atoms with van der Waals surface area (Å²) in [6.45, 7) is 3.26. The zero-order valence-electron chi connectivity index (χ0n) is 19.2. The van der Waals surface area contributed by atoms with E-state index in [4.69, 9.17) is 21.1 Å². The molecular formula is C23H30ClN3O5S. The molecule has 3 rings (SSSR count). The number of amides is 1. The number of rotatable bonds is 9. The van der Waals surface area contributed by atoms with Crippen LogP contribution < -0.4 is 9.64 Å². The molecule has 0 N–H and O–H groups in total. The number of benzene rings is 2. The molecule has 0 aliphatic carbocycles. The molecule has 0 spiro atoms. The molecule has 180 valence electrons. The maximum Gasteiger partial charge on any atom is 0.255 e. The van der Waals surface area contributed by atoms with Crippen LogP contribution in [0.15, 0.2) is 47.4 Å². The van der Waals surface area contributed by atoms with E-state index in [1.54, 1.807) is 36.2 Å². The first kappa shape index (κ1) is 25.3. The van der Waals surface area contributed by atoms with Gasteiger partial charge in [-0.15, -0.1) is 0 Å². The minimum absolute atomic E-state index is 0.0885. The number of hydrogen-bond acceptors (Lipinski definition) is 6. The highest BCUT2D eigenvalue weighted by Gasteiger charge is 2.25. The largest absolute Gasteiger partial charge is 0.493 e. The van der Waals surface area contributed by atoms with Crippen molar-refractivity contribution in [3.63, 3.8) is 0 Å². The van der Waals surface area contributed by atoms with Crippen LogP contribution in [0.2, 0.25) is 5.02 Å². The van der Waals surface area contributed by atoms with Crippen LogP contribution >= 0.6 is 11.6 Å². The van der Waals surface area contributed by atoms with Crippen molar-refractivity contribution >= 4 is 33.2 Å². The van der Waals surface area contributed by atoms with Crippen molar-refractivity contribution < 1.29 is 22.7 Å². The average molecular weight is 496 g/mol. The lowest BCUT2D eigenvalue weighted by atomic mass is 10.1. The van der Waals surface area contributed by atoms with Gasteiger partial charge >= 0.3 is 0 Å². The van der Waals surface area contributed by atoms with Gasteiger partial charge in [0, 0.05) is 51.5 Å². The van der Waals surface area contributed by atoms with Crippen molar-refractivity contribution in [2.24, 2.45) is 0 Å². The predicted molar refractivity (Wildman–Crippen MR) is 129 cm³/mol. The highest BCUT2D eigenvalue weighted by molar-refractivity contribution is 7.89. The Bertz CT molecular complexity index is 1070. The van der Waals surface area contributed by atoms with Gasteiger partial charge in [0.1, 0.15) is 5.75 Å². The second-order valence-corrected chi connectivity index (χ2v) is 10.5. The van der Waals surface area contributed by atoms with E-state index < -0.39 is 10.0 Å². The molecule has 1 saturated heterocycles. The number of ether oxygens (including phenoxy) is 2. The minimum Gasteiger partial charge on any atom is -0.493 e. The van der Waals surface area contributed by atoms with E-state index in [1.807, 2.05) is 12.1 Å². The van der Waals surface area contributed by atoms with Crippen LogP contribution in [0.3, 0.4) is 0 Å². The standard InChI is InChI=1S/C23H30ClN3O5S/c1-25(2)33(29,30)20-8-9-22(27-11-14-31-15-12-27)21(17-20)23(28)26(3)10-5-13-32-19-7-4-6-18(24)16-19/h4,6-9,16-17H,5,10-15H2,1-3H3. The molecule has 1 amide bonds. The number of sulfonamides is 1. The Hall–Kier alpha value is -2.33. The van der Waals surface area contributed by atoms with Crippen molar-refractivity contribution in [2.75, 3.05) is 65.5 Å². The van der Waals surface area contributed by atoms with Crippen LogP contribution in [0.5, 0.6) is 5.75 Å². The van der Waals surface area contributed by atoms with Crippen LogP contribution in [-0.4, -0.2) is 84.1 Å². The van der Waals surface area contributed by atoms with Crippen LogP contribution in [0.25, 0.3) is 0 Å². The maximum absolute atomic E-state index is 13.4. The first-order chi connectivity index (χ1) is 15.7. The van der Waals surface area contributed by atoms with Crippen LogP contribution in [0, 0.1) is 0 Å². The lowest BCUT2D eigenvalue weighted by Gasteiger charge is -2.31. The molecule has 0 saturated carbocycles. The fourth-order valence-electron chi connectivity index (χ4n) is 3.49. The molecule has 0 aromatic heterocycles. The van der Waals surface area contributed by atoms with Gasteiger partial charge in [-0.3, -0.25) is 4.79 Å². The lowest BCUT2D eigenvalue weighted by molar-refractivity contribution is 0.0787. The number of hydrogen-bond donors (Lipinski definition) is 0. The number of morpholine rings is 1. The van der Waals surface area contributed by atoms with Gasteiger partial charge in [-0.2, -0.15) is 0 Å². The van der Waals surface area contributed by atoms with E-state index >= 15 is 0 Å². The molecule has 1 aliphatic heterocycles. The molecule has 10 heteroatoms. The number of anilines is 1. The molecule has 0 unspecified atom stereocenters. The van der Waals surface area contributed by atoms with Crippen molar-refractivity contribution in [1.82, 2.24) is 9.21 Å². The average Bonchev–Trinajstić information content (AvgIpc) is 2.81. The quantitative estimate of drug-likeness (QED) is 0.498. The highest BCUT2D eigenvalue weighted by atomic mass is 35.5. The SMILES string of the molecule is CN(CCCOc1cccc(Cl)c1)C(=O)c1cc(S(=O)(=O)N(C)C)ccc1N1CCOCC1. The first-order valence-corrected chi connectivity index (χ1v) is 12.5. The van der Waals surface area contributed by atoms with E-state index in [-0.39, 0.29) is 10.8 Å². The van der Waals surface area contributed by atoms with E-state index in [1.165, 1.54) is 20.2 Å². The second kappa shape index (κ2) is 11.2. The number of nitrogens with zero attached hydrogens (tertiary/aromatic N) is 3. The van der Waals surface area contributed by atoms with Crippen molar-refractivity contribution in [3.05, 3.63) is 53.1 Å². The van der Waals surface area contributed by atoms with E-state index in [2.05, 4.69) is 4.90 Å². The zero-order chi connectivity index (χ0) is 24.0. The Morgan fingerprint density at radius 2 is 1.85 bits per heavy atom. The third-order valence-corrected chi connectivity index (χ3v) is 7.42. The summed E-state index contributed by atoms with van der Waals surface area (Å²) in [5.74, 6) is 0.433. The number of halogens is 1. The molecule has 0 atom stereocenters. The van der Waals surface area contributed by atoms with Gasteiger partial charge in [-0.25, -0.2) is 12.7 Å². The smallest absolute Gasteiger partial charge is 0.255 e. The third-order valence-electron chi connectivity index (χ3n) is 5.38. The third kappa shape index (κ3) is 6.38. The molecule has 1 aliphatic rings. The Balaban J connectivity index is 1.75. The van der Waals surface area contributed by atoms with Crippen molar-refractivity contribution in [1.29, 1.82) is 0 Å². The molecule has 33 heavy (non-hydrogen) atoms. The predicted octanol–water partition coefficient (Wildman–Crippen LogP) is 2.97. The Labute approximate surface area is 200 Å². The molecule has 1 heterocycles. The molecule has 0 radical (unpaired) electrons. The molecule has 0 bridgehead atoms. The summed E-state index contributed by atoms with van der Waals surface area (Å²) in [7, 11) is 0.976. The van der Waals surface area contributed by atoms with Gasteiger partial charge in [0.15, 0.2) is 0 Å². The zero-order valence-corrected chi connectivity index (χ0v) is 20.7. The monoisotopic (exact) mass is 495 g/mol. The summed E-state index contributed by atoms with van der Waals surface area (Å²) in [5, 5.41) is 0.600. The maximum atomic E-state index is 13.4. The Kier molecular flexibility index (Phi) is 8.58.